The van der Waals surface area contributed by atoms with Crippen LogP contribution in [-0.2, 0) is 10.1 Å². The summed E-state index contributed by atoms with van der Waals surface area (Å²) in [5, 5.41) is 4.09. The van der Waals surface area contributed by atoms with Crippen LogP contribution in [0.5, 0.6) is 0 Å². The Balaban J connectivity index is 0.000000350. The molecule has 0 fully saturated rings. The lowest BCUT2D eigenvalue weighted by atomic mass is 10.3. The summed E-state index contributed by atoms with van der Waals surface area (Å²) in [5.74, 6) is -0.266. The van der Waals surface area contributed by atoms with Crippen molar-refractivity contribution in [2.75, 3.05) is 0 Å². The zero-order valence-electron chi connectivity index (χ0n) is 17.4. The van der Waals surface area contributed by atoms with E-state index in [0.29, 0.717) is 5.30 Å². The Labute approximate surface area is 195 Å². The first-order valence-corrected chi connectivity index (χ1v) is 13.0. The second-order valence-electron chi connectivity index (χ2n) is 6.90. The number of halogens is 4. The van der Waals surface area contributed by atoms with Gasteiger partial charge in [-0.05, 0) is 36.4 Å². The second-order valence-corrected chi connectivity index (χ2v) is 11.6. The van der Waals surface area contributed by atoms with E-state index in [9.17, 15) is 13.2 Å². The van der Waals surface area contributed by atoms with E-state index >= 15 is 4.39 Å². The van der Waals surface area contributed by atoms with E-state index < -0.39 is 22.9 Å². The average Bonchev–Trinajstić information content (AvgIpc) is 2.82. The molecule has 0 aliphatic rings. The fraction of sp³-hybridized carbons (Fsp3) is 0.0417. The Bertz CT molecular complexity index is 1220. The quantitative estimate of drug-likeness (QED) is 0.182. The largest absolute Gasteiger partial charge is 0.741 e. The molecule has 1 aromatic heterocycles. The average molecular weight is 507 g/mol. The highest BCUT2D eigenvalue weighted by Gasteiger charge is 2.49. The van der Waals surface area contributed by atoms with E-state index in [1.165, 1.54) is 6.20 Å². The summed E-state index contributed by atoms with van der Waals surface area (Å²) in [6.45, 7) is 0. The summed E-state index contributed by atoms with van der Waals surface area (Å²) >= 11 is 0. The SMILES string of the molecule is Fc1cnccc1[P+](c1ccccc1)(c1ccccc1)c1ccccc1.O=S(=O)([O-])C(F)(F)F. The van der Waals surface area contributed by atoms with Crippen LogP contribution in [0.4, 0.5) is 17.6 Å². The molecule has 4 nitrogen and oxygen atoms in total. The minimum absolute atomic E-state index is 0.266. The number of aromatic nitrogens is 1. The Hall–Kier alpha value is -3.13. The molecule has 0 amide bonds. The molecule has 4 aromatic rings. The lowest BCUT2D eigenvalue weighted by molar-refractivity contribution is -0.0517. The van der Waals surface area contributed by atoms with Crippen molar-refractivity contribution >= 4 is 38.6 Å². The van der Waals surface area contributed by atoms with Crippen molar-refractivity contribution < 1.29 is 30.5 Å². The Morgan fingerprint density at radius 1 is 0.706 bits per heavy atom. The lowest BCUT2D eigenvalue weighted by Crippen LogP contribution is -2.40. The van der Waals surface area contributed by atoms with Crippen LogP contribution in [0.15, 0.2) is 109 Å². The van der Waals surface area contributed by atoms with Gasteiger partial charge in [-0.1, -0.05) is 54.6 Å². The van der Waals surface area contributed by atoms with Gasteiger partial charge in [-0.15, -0.1) is 0 Å². The van der Waals surface area contributed by atoms with Crippen molar-refractivity contribution in [3.8, 4) is 0 Å². The number of nitrogens with zero attached hydrogens (tertiary/aromatic N) is 1. The van der Waals surface area contributed by atoms with E-state index in [1.807, 2.05) is 60.7 Å². The smallest absolute Gasteiger partial charge is 0.485 e. The van der Waals surface area contributed by atoms with Gasteiger partial charge in [0, 0.05) is 12.3 Å². The normalized spacial score (nSPS) is 11.9. The van der Waals surface area contributed by atoms with Crippen LogP contribution in [0.1, 0.15) is 0 Å². The van der Waals surface area contributed by atoms with Crippen LogP contribution in [0, 0.1) is 5.82 Å². The fourth-order valence-corrected chi connectivity index (χ4v) is 7.71. The van der Waals surface area contributed by atoms with Crippen molar-refractivity contribution in [2.45, 2.75) is 5.51 Å². The molecule has 0 atom stereocenters. The molecule has 0 aliphatic heterocycles. The van der Waals surface area contributed by atoms with Gasteiger partial charge >= 0.3 is 5.51 Å². The molecule has 0 saturated carbocycles. The van der Waals surface area contributed by atoms with Gasteiger partial charge in [0.15, 0.2) is 15.9 Å². The first-order chi connectivity index (χ1) is 16.1. The molecular weight excluding hydrogens is 489 g/mol. The topological polar surface area (TPSA) is 70.1 Å². The molecule has 0 saturated heterocycles. The van der Waals surface area contributed by atoms with Crippen LogP contribution in [-0.4, -0.2) is 23.5 Å². The summed E-state index contributed by atoms with van der Waals surface area (Å²) in [5.41, 5.74) is -5.65. The predicted octanol–water partition coefficient (Wildman–Crippen LogP) is 3.89. The number of pyridine rings is 1. The third kappa shape index (κ3) is 5.33. The van der Waals surface area contributed by atoms with Crippen LogP contribution < -0.4 is 21.2 Å². The molecule has 34 heavy (non-hydrogen) atoms. The van der Waals surface area contributed by atoms with Gasteiger partial charge in [0.25, 0.3) is 0 Å². The Kier molecular flexibility index (Phi) is 7.82. The van der Waals surface area contributed by atoms with E-state index in [2.05, 4.69) is 41.4 Å². The van der Waals surface area contributed by atoms with Crippen molar-refractivity contribution in [3.05, 3.63) is 115 Å². The summed E-state index contributed by atoms with van der Waals surface area (Å²) in [4.78, 5) is 3.98. The number of benzene rings is 3. The minimum Gasteiger partial charge on any atom is -0.741 e. The Morgan fingerprint density at radius 3 is 1.35 bits per heavy atom. The second kappa shape index (κ2) is 10.4. The maximum atomic E-state index is 15.1. The third-order valence-corrected chi connectivity index (χ3v) is 9.70. The molecule has 1 heterocycles. The van der Waals surface area contributed by atoms with Gasteiger partial charge < -0.3 is 4.55 Å². The maximum Gasteiger partial charge on any atom is 0.485 e. The number of rotatable bonds is 4. The molecule has 0 N–H and O–H groups in total. The van der Waals surface area contributed by atoms with Crippen molar-refractivity contribution in [2.24, 2.45) is 0 Å². The van der Waals surface area contributed by atoms with Crippen LogP contribution in [0.25, 0.3) is 0 Å². The number of alkyl halides is 3. The molecule has 4 rings (SSSR count). The van der Waals surface area contributed by atoms with E-state index in [4.69, 9.17) is 13.0 Å². The maximum absolute atomic E-state index is 15.1. The van der Waals surface area contributed by atoms with Crippen LogP contribution in [0.3, 0.4) is 0 Å². The summed E-state index contributed by atoms with van der Waals surface area (Å²) < 4.78 is 74.0. The first-order valence-electron chi connectivity index (χ1n) is 9.76. The number of hydrogen-bond donors (Lipinski definition) is 0. The predicted molar refractivity (Wildman–Crippen MR) is 125 cm³/mol. The van der Waals surface area contributed by atoms with Gasteiger partial charge in [-0.25, -0.2) is 12.8 Å². The van der Waals surface area contributed by atoms with Crippen LogP contribution >= 0.6 is 7.26 Å². The third-order valence-electron chi connectivity index (χ3n) is 4.83. The van der Waals surface area contributed by atoms with Crippen molar-refractivity contribution in [1.29, 1.82) is 0 Å². The lowest BCUT2D eigenvalue weighted by Gasteiger charge is -2.27. The summed E-state index contributed by atoms with van der Waals surface area (Å²) in [6.07, 6.45) is 3.00. The molecule has 0 bridgehead atoms. The molecular formula is C24H18F4NO3PS. The molecule has 0 unspecified atom stereocenters. The highest BCUT2D eigenvalue weighted by Crippen LogP contribution is 2.54. The van der Waals surface area contributed by atoms with Crippen molar-refractivity contribution in [3.63, 3.8) is 0 Å². The molecule has 0 aliphatic carbocycles. The highest BCUT2D eigenvalue weighted by atomic mass is 32.2. The van der Waals surface area contributed by atoms with E-state index in [-0.39, 0.29) is 5.82 Å². The van der Waals surface area contributed by atoms with Gasteiger partial charge in [0.05, 0.1) is 6.20 Å². The van der Waals surface area contributed by atoms with Crippen LogP contribution in [0.2, 0.25) is 0 Å². The van der Waals surface area contributed by atoms with Crippen molar-refractivity contribution in [1.82, 2.24) is 4.98 Å². The molecule has 10 heteroatoms. The molecule has 3 aromatic carbocycles. The standard InChI is InChI=1S/C23H18FNP.CHF3O3S/c24-22-18-25-17-16-23(22)26(19-10-4-1-5-11-19,20-12-6-2-7-13-20)21-14-8-3-9-15-21;2-1(3,4)8(5,6)7/h1-18H;(H,5,6,7)/q+1;/p-1. The van der Waals surface area contributed by atoms with E-state index in [0.717, 1.165) is 15.9 Å². The summed E-state index contributed by atoms with van der Waals surface area (Å²) in [7, 11) is -8.45. The highest BCUT2D eigenvalue weighted by molar-refractivity contribution is 8.01. The van der Waals surface area contributed by atoms with E-state index in [1.54, 1.807) is 6.20 Å². The monoisotopic (exact) mass is 507 g/mol. The van der Waals surface area contributed by atoms with Gasteiger partial charge in [-0.2, -0.15) is 13.2 Å². The zero-order chi connectivity index (χ0) is 24.8. The van der Waals surface area contributed by atoms with Gasteiger partial charge in [0.2, 0.25) is 0 Å². The molecule has 0 spiro atoms. The number of hydrogen-bond acceptors (Lipinski definition) is 4. The minimum atomic E-state index is -6.09. The first kappa shape index (κ1) is 25.5. The Morgan fingerprint density at radius 2 is 1.06 bits per heavy atom. The van der Waals surface area contributed by atoms with Gasteiger partial charge in [0.1, 0.15) is 28.5 Å². The molecule has 0 radical (unpaired) electrons. The fourth-order valence-electron chi connectivity index (χ4n) is 3.46. The molecule has 176 valence electrons. The summed E-state index contributed by atoms with van der Waals surface area (Å²) in [6, 6.07) is 32.6. The zero-order valence-corrected chi connectivity index (χ0v) is 19.1. The van der Waals surface area contributed by atoms with Gasteiger partial charge in [-0.3, -0.25) is 4.98 Å².